The van der Waals surface area contributed by atoms with Crippen molar-refractivity contribution in [3.05, 3.63) is 29.6 Å². The molecule has 1 aliphatic rings. The third kappa shape index (κ3) is 4.70. The highest BCUT2D eigenvalue weighted by Crippen LogP contribution is 2.18. The van der Waals surface area contributed by atoms with Crippen molar-refractivity contribution in [3.63, 3.8) is 0 Å². The fraction of sp³-hybridized carbons (Fsp3) is 0.562. The van der Waals surface area contributed by atoms with Crippen LogP contribution in [0, 0.1) is 5.82 Å². The zero-order valence-electron chi connectivity index (χ0n) is 12.5. The smallest absolute Gasteiger partial charge is 0.260 e. The molecule has 1 aliphatic heterocycles. The number of nitrogens with zero attached hydrogens (tertiary/aromatic N) is 1. The Bertz CT molecular complexity index is 471. The minimum atomic E-state index is -0.425. The molecule has 1 aromatic carbocycles. The number of carbonyl (C=O) groups is 1. The molecule has 116 valence electrons. The van der Waals surface area contributed by atoms with E-state index in [1.54, 1.807) is 12.1 Å². The zero-order valence-corrected chi connectivity index (χ0v) is 12.5. The Hall–Kier alpha value is -1.62. The van der Waals surface area contributed by atoms with Crippen molar-refractivity contribution in [2.45, 2.75) is 32.2 Å². The quantitative estimate of drug-likeness (QED) is 0.906. The summed E-state index contributed by atoms with van der Waals surface area (Å²) in [6.45, 7) is 2.07. The average Bonchev–Trinajstić information content (AvgIpc) is 2.75. The van der Waals surface area contributed by atoms with Gasteiger partial charge in [-0.15, -0.1) is 0 Å². The van der Waals surface area contributed by atoms with Crippen LogP contribution in [-0.2, 0) is 11.3 Å². The van der Waals surface area contributed by atoms with E-state index >= 15 is 0 Å². The van der Waals surface area contributed by atoms with Gasteiger partial charge < -0.3 is 15.0 Å². The number of hydrogen-bond acceptors (Lipinski definition) is 3. The maximum Gasteiger partial charge on any atom is 0.260 e. The van der Waals surface area contributed by atoms with Crippen LogP contribution < -0.4 is 10.1 Å². The summed E-state index contributed by atoms with van der Waals surface area (Å²) in [7, 11) is 1.81. The van der Waals surface area contributed by atoms with Crippen LogP contribution in [0.4, 0.5) is 4.39 Å². The first-order valence-electron chi connectivity index (χ1n) is 7.54. The summed E-state index contributed by atoms with van der Waals surface area (Å²) in [5.74, 6) is -0.347. The van der Waals surface area contributed by atoms with Crippen LogP contribution in [0.3, 0.4) is 0 Å². The molecule has 1 heterocycles. The highest BCUT2D eigenvalue weighted by molar-refractivity contribution is 5.77. The van der Waals surface area contributed by atoms with Crippen molar-refractivity contribution in [3.8, 4) is 5.75 Å². The van der Waals surface area contributed by atoms with Crippen molar-refractivity contribution in [1.82, 2.24) is 10.2 Å². The van der Waals surface area contributed by atoms with Crippen LogP contribution in [-0.4, -0.2) is 37.6 Å². The molecule has 0 saturated carbocycles. The average molecular weight is 294 g/mol. The number of carbonyl (C=O) groups excluding carboxylic acids is 1. The fourth-order valence-electron chi connectivity index (χ4n) is 2.53. The van der Waals surface area contributed by atoms with E-state index in [1.807, 2.05) is 11.9 Å². The number of likely N-dealkylation sites (tertiary alicyclic amines) is 1. The van der Waals surface area contributed by atoms with E-state index in [4.69, 9.17) is 4.74 Å². The number of hydrogen-bond donors (Lipinski definition) is 1. The number of halogens is 1. The maximum atomic E-state index is 13.9. The van der Waals surface area contributed by atoms with Crippen molar-refractivity contribution in [2.75, 3.05) is 26.7 Å². The Morgan fingerprint density at radius 3 is 2.62 bits per heavy atom. The van der Waals surface area contributed by atoms with Gasteiger partial charge in [0.2, 0.25) is 0 Å². The lowest BCUT2D eigenvalue weighted by atomic mass is 10.2. The van der Waals surface area contributed by atoms with E-state index in [0.717, 1.165) is 31.5 Å². The van der Waals surface area contributed by atoms with Gasteiger partial charge in [-0.05, 0) is 37.6 Å². The van der Waals surface area contributed by atoms with Crippen LogP contribution >= 0.6 is 0 Å². The number of amides is 1. The highest BCUT2D eigenvalue weighted by Gasteiger charge is 2.16. The largest absolute Gasteiger partial charge is 0.481 e. The normalized spacial score (nSPS) is 15.6. The summed E-state index contributed by atoms with van der Waals surface area (Å²) in [6.07, 6.45) is 4.43. The molecule has 5 heteroatoms. The summed E-state index contributed by atoms with van der Waals surface area (Å²) >= 11 is 0. The third-order valence-electron chi connectivity index (χ3n) is 3.69. The van der Waals surface area contributed by atoms with E-state index in [-0.39, 0.29) is 18.3 Å². The second-order valence-electron chi connectivity index (χ2n) is 5.38. The Kier molecular flexibility index (Phi) is 5.99. The Balaban J connectivity index is 1.88. The van der Waals surface area contributed by atoms with E-state index < -0.39 is 5.82 Å². The van der Waals surface area contributed by atoms with Gasteiger partial charge in [0.05, 0.1) is 0 Å². The lowest BCUT2D eigenvalue weighted by Gasteiger charge is -2.20. The van der Waals surface area contributed by atoms with Gasteiger partial charge in [-0.25, -0.2) is 4.39 Å². The zero-order chi connectivity index (χ0) is 15.1. The SMILES string of the molecule is CNCc1ccc(OCC(=O)N2CCCCCC2)c(F)c1. The number of rotatable bonds is 5. The van der Waals surface area contributed by atoms with Gasteiger partial charge in [0, 0.05) is 19.6 Å². The summed E-state index contributed by atoms with van der Waals surface area (Å²) in [5, 5.41) is 2.96. The van der Waals surface area contributed by atoms with Gasteiger partial charge in [-0.2, -0.15) is 0 Å². The summed E-state index contributed by atoms with van der Waals surface area (Å²) in [6, 6.07) is 4.81. The molecule has 0 aromatic heterocycles. The molecule has 1 N–H and O–H groups in total. The number of benzene rings is 1. The molecule has 21 heavy (non-hydrogen) atoms. The molecular formula is C16H23FN2O2. The standard InChI is InChI=1S/C16H23FN2O2/c1-18-11-13-6-7-15(14(17)10-13)21-12-16(20)19-8-4-2-3-5-9-19/h6-7,10,18H,2-5,8-9,11-12H2,1H3. The van der Waals surface area contributed by atoms with Gasteiger partial charge in [0.25, 0.3) is 5.91 Å². The van der Waals surface area contributed by atoms with Crippen molar-refractivity contribution < 1.29 is 13.9 Å². The molecule has 1 fully saturated rings. The molecule has 0 atom stereocenters. The van der Waals surface area contributed by atoms with E-state index in [0.29, 0.717) is 6.54 Å². The Morgan fingerprint density at radius 1 is 1.29 bits per heavy atom. The minimum Gasteiger partial charge on any atom is -0.481 e. The molecule has 0 unspecified atom stereocenters. The van der Waals surface area contributed by atoms with Crippen LogP contribution in [0.1, 0.15) is 31.2 Å². The molecule has 1 saturated heterocycles. The summed E-state index contributed by atoms with van der Waals surface area (Å²) in [4.78, 5) is 13.9. The minimum absolute atomic E-state index is 0.0596. The van der Waals surface area contributed by atoms with Crippen LogP contribution in [0.2, 0.25) is 0 Å². The highest BCUT2D eigenvalue weighted by atomic mass is 19.1. The molecule has 0 spiro atoms. The van der Waals surface area contributed by atoms with Gasteiger partial charge in [0.15, 0.2) is 18.2 Å². The number of nitrogens with one attached hydrogen (secondary N) is 1. The third-order valence-corrected chi connectivity index (χ3v) is 3.69. The predicted octanol–water partition coefficient (Wildman–Crippen LogP) is 2.33. The second kappa shape index (κ2) is 7.98. The van der Waals surface area contributed by atoms with Gasteiger partial charge >= 0.3 is 0 Å². The lowest BCUT2D eigenvalue weighted by molar-refractivity contribution is -0.133. The maximum absolute atomic E-state index is 13.9. The topological polar surface area (TPSA) is 41.6 Å². The van der Waals surface area contributed by atoms with Crippen LogP contribution in [0.15, 0.2) is 18.2 Å². The molecule has 0 radical (unpaired) electrons. The van der Waals surface area contributed by atoms with Crippen LogP contribution in [0.25, 0.3) is 0 Å². The van der Waals surface area contributed by atoms with E-state index in [1.165, 1.54) is 18.9 Å². The molecule has 1 amide bonds. The lowest BCUT2D eigenvalue weighted by Crippen LogP contribution is -2.35. The Labute approximate surface area is 125 Å². The van der Waals surface area contributed by atoms with Crippen LogP contribution in [0.5, 0.6) is 5.75 Å². The fourth-order valence-corrected chi connectivity index (χ4v) is 2.53. The number of ether oxygens (including phenoxy) is 1. The molecule has 0 bridgehead atoms. The van der Waals surface area contributed by atoms with Crippen molar-refractivity contribution >= 4 is 5.91 Å². The Morgan fingerprint density at radius 2 is 2.00 bits per heavy atom. The predicted molar refractivity (Wildman–Crippen MR) is 79.7 cm³/mol. The van der Waals surface area contributed by atoms with Crippen molar-refractivity contribution in [1.29, 1.82) is 0 Å². The first-order valence-corrected chi connectivity index (χ1v) is 7.54. The molecular weight excluding hydrogens is 271 g/mol. The molecule has 1 aromatic rings. The van der Waals surface area contributed by atoms with Gasteiger partial charge in [0.1, 0.15) is 0 Å². The molecule has 0 aliphatic carbocycles. The summed E-state index contributed by atoms with van der Waals surface area (Å²) < 4.78 is 19.2. The monoisotopic (exact) mass is 294 g/mol. The van der Waals surface area contributed by atoms with E-state index in [2.05, 4.69) is 5.32 Å². The second-order valence-corrected chi connectivity index (χ2v) is 5.38. The van der Waals surface area contributed by atoms with Gasteiger partial charge in [-0.1, -0.05) is 18.9 Å². The first-order chi connectivity index (χ1) is 10.2. The summed E-state index contributed by atoms with van der Waals surface area (Å²) in [5.41, 5.74) is 0.848. The van der Waals surface area contributed by atoms with E-state index in [9.17, 15) is 9.18 Å². The first kappa shape index (κ1) is 15.8. The van der Waals surface area contributed by atoms with Crippen molar-refractivity contribution in [2.24, 2.45) is 0 Å². The molecule has 4 nitrogen and oxygen atoms in total. The molecule has 2 rings (SSSR count). The van der Waals surface area contributed by atoms with Gasteiger partial charge in [-0.3, -0.25) is 4.79 Å².